The molecule has 2 aliphatic rings. The standard InChI is InChI=1S/C23H32Cl2N4O/c24-19-15-20(25)17-22(16-19)29-13-11-28(12-14-29)10-8-18-4-6-21(7-5-18)27-23(30)3-1-2-9-26/h15-18,21H,1-8,10-14H2,(H,27,30). The summed E-state index contributed by atoms with van der Waals surface area (Å²) < 4.78 is 0. The average Bonchev–Trinajstić information content (AvgIpc) is 2.73. The highest BCUT2D eigenvalue weighted by Gasteiger charge is 2.24. The minimum Gasteiger partial charge on any atom is -0.369 e. The third-order valence-electron chi connectivity index (χ3n) is 6.34. The molecule has 0 unspecified atom stereocenters. The lowest BCUT2D eigenvalue weighted by Gasteiger charge is -2.37. The van der Waals surface area contributed by atoms with Crippen LogP contribution in [-0.4, -0.2) is 49.6 Å². The van der Waals surface area contributed by atoms with E-state index in [1.807, 2.05) is 12.1 Å². The van der Waals surface area contributed by atoms with Gasteiger partial charge in [0.05, 0.1) is 6.07 Å². The molecule has 0 bridgehead atoms. The highest BCUT2D eigenvalue weighted by atomic mass is 35.5. The molecule has 1 aliphatic heterocycles. The van der Waals surface area contributed by atoms with Gasteiger partial charge in [-0.3, -0.25) is 9.69 Å². The van der Waals surface area contributed by atoms with Crippen molar-refractivity contribution >= 4 is 34.8 Å². The Morgan fingerprint density at radius 3 is 2.37 bits per heavy atom. The quantitative estimate of drug-likeness (QED) is 0.573. The van der Waals surface area contributed by atoms with Gasteiger partial charge in [0.1, 0.15) is 0 Å². The molecule has 0 atom stereocenters. The van der Waals surface area contributed by atoms with Crippen molar-refractivity contribution in [2.45, 2.75) is 57.4 Å². The number of nitrogens with zero attached hydrogens (tertiary/aromatic N) is 3. The fourth-order valence-corrected chi connectivity index (χ4v) is 5.05. The van der Waals surface area contributed by atoms with E-state index >= 15 is 0 Å². The number of benzene rings is 1. The molecule has 3 rings (SSSR count). The summed E-state index contributed by atoms with van der Waals surface area (Å²) in [6, 6.07) is 8.17. The summed E-state index contributed by atoms with van der Waals surface area (Å²) in [5.74, 6) is 0.870. The molecule has 2 fully saturated rings. The van der Waals surface area contributed by atoms with E-state index < -0.39 is 0 Å². The van der Waals surface area contributed by atoms with Gasteiger partial charge in [0.25, 0.3) is 0 Å². The first-order valence-corrected chi connectivity index (χ1v) is 11.9. The molecule has 1 aromatic rings. The third kappa shape index (κ3) is 7.34. The maximum Gasteiger partial charge on any atom is 0.220 e. The van der Waals surface area contributed by atoms with Crippen LogP contribution in [0.15, 0.2) is 18.2 Å². The zero-order chi connectivity index (χ0) is 21.3. The van der Waals surface area contributed by atoms with Crippen LogP contribution in [-0.2, 0) is 4.79 Å². The summed E-state index contributed by atoms with van der Waals surface area (Å²) in [4.78, 5) is 16.8. The molecular formula is C23H32Cl2N4O. The predicted octanol–water partition coefficient (Wildman–Crippen LogP) is 4.87. The fourth-order valence-electron chi connectivity index (χ4n) is 4.54. The Balaban J connectivity index is 1.31. The number of nitriles is 1. The SMILES string of the molecule is N#CCCCC(=O)NC1CCC(CCN2CCN(c3cc(Cl)cc(Cl)c3)CC2)CC1. The molecule has 0 spiro atoms. The summed E-state index contributed by atoms with van der Waals surface area (Å²) >= 11 is 12.3. The van der Waals surface area contributed by atoms with E-state index in [2.05, 4.69) is 21.2 Å². The number of anilines is 1. The Labute approximate surface area is 190 Å². The van der Waals surface area contributed by atoms with Gasteiger partial charge >= 0.3 is 0 Å². The molecule has 30 heavy (non-hydrogen) atoms. The maximum absolute atomic E-state index is 11.9. The molecule has 0 aromatic heterocycles. The van der Waals surface area contributed by atoms with Crippen molar-refractivity contribution < 1.29 is 4.79 Å². The summed E-state index contributed by atoms with van der Waals surface area (Å²) in [6.45, 7) is 5.29. The largest absolute Gasteiger partial charge is 0.369 e. The van der Waals surface area contributed by atoms with Crippen molar-refractivity contribution in [1.29, 1.82) is 5.26 Å². The van der Waals surface area contributed by atoms with Gasteiger partial charge in [0.2, 0.25) is 5.91 Å². The van der Waals surface area contributed by atoms with Crippen molar-refractivity contribution in [1.82, 2.24) is 10.2 Å². The molecule has 7 heteroatoms. The first kappa shape index (κ1) is 23.2. The second-order valence-corrected chi connectivity index (χ2v) is 9.41. The van der Waals surface area contributed by atoms with Crippen LogP contribution in [0.3, 0.4) is 0 Å². The second-order valence-electron chi connectivity index (χ2n) is 8.54. The van der Waals surface area contributed by atoms with Crippen LogP contribution in [0.5, 0.6) is 0 Å². The molecule has 0 radical (unpaired) electrons. The number of rotatable bonds is 8. The van der Waals surface area contributed by atoms with Crippen molar-refractivity contribution in [3.05, 3.63) is 28.2 Å². The molecule has 164 valence electrons. The minimum atomic E-state index is 0.104. The smallest absolute Gasteiger partial charge is 0.220 e. The first-order valence-electron chi connectivity index (χ1n) is 11.1. The number of carbonyl (C=O) groups excluding carboxylic acids is 1. The van der Waals surface area contributed by atoms with Gasteiger partial charge in [0.15, 0.2) is 0 Å². The Kier molecular flexibility index (Phi) is 9.11. The molecule has 1 amide bonds. The summed E-state index contributed by atoms with van der Waals surface area (Å²) in [5, 5.41) is 13.1. The number of piperazine rings is 1. The Morgan fingerprint density at radius 1 is 1.07 bits per heavy atom. The van der Waals surface area contributed by atoms with Crippen LogP contribution >= 0.6 is 23.2 Å². The summed E-state index contributed by atoms with van der Waals surface area (Å²) in [5.41, 5.74) is 1.11. The van der Waals surface area contributed by atoms with Gasteiger partial charge in [-0.2, -0.15) is 5.26 Å². The van der Waals surface area contributed by atoms with Gasteiger partial charge < -0.3 is 10.2 Å². The minimum absolute atomic E-state index is 0.104. The number of hydrogen-bond donors (Lipinski definition) is 1. The van der Waals surface area contributed by atoms with Crippen molar-refractivity contribution in [2.24, 2.45) is 5.92 Å². The van der Waals surface area contributed by atoms with Crippen LogP contribution in [0.1, 0.15) is 51.4 Å². The van der Waals surface area contributed by atoms with Crippen LogP contribution in [0.4, 0.5) is 5.69 Å². The van der Waals surface area contributed by atoms with Gasteiger partial charge in [-0.05, 0) is 69.2 Å². The van der Waals surface area contributed by atoms with Gasteiger partial charge in [-0.25, -0.2) is 0 Å². The lowest BCUT2D eigenvalue weighted by molar-refractivity contribution is -0.122. The summed E-state index contributed by atoms with van der Waals surface area (Å²) in [7, 11) is 0. The zero-order valence-corrected chi connectivity index (χ0v) is 19.1. The average molecular weight is 451 g/mol. The van der Waals surface area contributed by atoms with Crippen LogP contribution in [0, 0.1) is 17.2 Å². The summed E-state index contributed by atoms with van der Waals surface area (Å²) in [6.07, 6.45) is 7.40. The zero-order valence-electron chi connectivity index (χ0n) is 17.6. The van der Waals surface area contributed by atoms with E-state index in [1.165, 1.54) is 19.3 Å². The molecule has 1 saturated carbocycles. The highest BCUT2D eigenvalue weighted by molar-refractivity contribution is 6.35. The van der Waals surface area contributed by atoms with Crippen molar-refractivity contribution in [2.75, 3.05) is 37.6 Å². The molecule has 1 N–H and O–H groups in total. The topological polar surface area (TPSA) is 59.4 Å². The Morgan fingerprint density at radius 2 is 1.73 bits per heavy atom. The number of amides is 1. The van der Waals surface area contributed by atoms with Gasteiger partial charge in [0, 0.05) is 60.8 Å². The number of halogens is 2. The van der Waals surface area contributed by atoms with Crippen molar-refractivity contribution in [3.8, 4) is 6.07 Å². The Bertz CT molecular complexity index is 715. The fraction of sp³-hybridized carbons (Fsp3) is 0.652. The van der Waals surface area contributed by atoms with Crippen molar-refractivity contribution in [3.63, 3.8) is 0 Å². The van der Waals surface area contributed by atoms with E-state index in [0.717, 1.165) is 57.2 Å². The lowest BCUT2D eigenvalue weighted by Crippen LogP contribution is -2.47. The van der Waals surface area contributed by atoms with E-state index in [1.54, 1.807) is 6.07 Å². The number of carbonyl (C=O) groups is 1. The molecular weight excluding hydrogens is 419 g/mol. The molecule has 1 aliphatic carbocycles. The van der Waals surface area contributed by atoms with Crippen LogP contribution in [0.25, 0.3) is 0 Å². The maximum atomic E-state index is 11.9. The second kappa shape index (κ2) is 11.8. The Hall–Kier alpha value is -1.48. The number of nitrogens with one attached hydrogen (secondary N) is 1. The molecule has 5 nitrogen and oxygen atoms in total. The lowest BCUT2D eigenvalue weighted by atomic mass is 9.84. The van der Waals surface area contributed by atoms with Gasteiger partial charge in [-0.15, -0.1) is 0 Å². The monoisotopic (exact) mass is 450 g/mol. The molecule has 1 heterocycles. The third-order valence-corrected chi connectivity index (χ3v) is 6.78. The molecule has 1 aromatic carbocycles. The van der Waals surface area contributed by atoms with Crippen LogP contribution in [0.2, 0.25) is 10.0 Å². The van der Waals surface area contributed by atoms with E-state index in [4.69, 9.17) is 28.5 Å². The normalized spacial score (nSPS) is 22.5. The van der Waals surface area contributed by atoms with E-state index in [0.29, 0.717) is 35.3 Å². The van der Waals surface area contributed by atoms with E-state index in [9.17, 15) is 4.79 Å². The number of unbranched alkanes of at least 4 members (excludes halogenated alkanes) is 1. The number of hydrogen-bond acceptors (Lipinski definition) is 4. The molecule has 1 saturated heterocycles. The van der Waals surface area contributed by atoms with E-state index in [-0.39, 0.29) is 5.91 Å². The van der Waals surface area contributed by atoms with Gasteiger partial charge in [-0.1, -0.05) is 23.2 Å². The van der Waals surface area contributed by atoms with Crippen LogP contribution < -0.4 is 10.2 Å². The predicted molar refractivity (Wildman–Crippen MR) is 123 cm³/mol. The highest BCUT2D eigenvalue weighted by Crippen LogP contribution is 2.28. The first-order chi connectivity index (χ1) is 14.5.